The second-order valence-electron chi connectivity index (χ2n) is 5.63. The van der Waals surface area contributed by atoms with E-state index in [1.165, 1.54) is 4.88 Å². The van der Waals surface area contributed by atoms with Crippen LogP contribution < -0.4 is 15.4 Å². The number of amides is 2. The minimum absolute atomic E-state index is 0.129. The molecule has 2 amide bonds. The number of rotatable bonds is 6. The van der Waals surface area contributed by atoms with E-state index >= 15 is 0 Å². The smallest absolute Gasteiger partial charge is 0.319 e. The SMILES string of the molecule is COc1cc(Cl)c(C)cc1NC(=O)NCC(c1cccs1)N(C)C. The van der Waals surface area contributed by atoms with Crippen molar-refractivity contribution in [3.63, 3.8) is 0 Å². The van der Waals surface area contributed by atoms with Crippen LogP contribution in [0.3, 0.4) is 0 Å². The number of thiophene rings is 1. The first-order valence-corrected chi connectivity index (χ1v) is 8.77. The first kappa shape index (κ1) is 18.6. The van der Waals surface area contributed by atoms with E-state index in [9.17, 15) is 4.79 Å². The average molecular weight is 368 g/mol. The van der Waals surface area contributed by atoms with Crippen LogP contribution in [0.25, 0.3) is 0 Å². The number of benzene rings is 1. The molecule has 5 nitrogen and oxygen atoms in total. The van der Waals surface area contributed by atoms with Crippen molar-refractivity contribution in [2.75, 3.05) is 33.1 Å². The second-order valence-corrected chi connectivity index (χ2v) is 7.02. The van der Waals surface area contributed by atoms with Gasteiger partial charge < -0.3 is 20.3 Å². The van der Waals surface area contributed by atoms with Gasteiger partial charge in [0.25, 0.3) is 0 Å². The molecule has 1 atom stereocenters. The molecule has 2 aromatic rings. The highest BCUT2D eigenvalue weighted by atomic mass is 35.5. The summed E-state index contributed by atoms with van der Waals surface area (Å²) < 4.78 is 5.27. The van der Waals surface area contributed by atoms with Crippen LogP contribution in [0, 0.1) is 6.92 Å². The van der Waals surface area contributed by atoms with Gasteiger partial charge in [0, 0.05) is 22.5 Å². The molecule has 1 aromatic heterocycles. The Labute approximate surface area is 151 Å². The topological polar surface area (TPSA) is 53.6 Å². The van der Waals surface area contributed by atoms with Crippen molar-refractivity contribution in [3.8, 4) is 5.75 Å². The molecule has 2 N–H and O–H groups in total. The highest BCUT2D eigenvalue weighted by Gasteiger charge is 2.17. The number of ether oxygens (including phenoxy) is 1. The summed E-state index contributed by atoms with van der Waals surface area (Å²) in [6.07, 6.45) is 0. The third-order valence-electron chi connectivity index (χ3n) is 3.68. The average Bonchev–Trinajstić information content (AvgIpc) is 3.04. The molecule has 1 aromatic carbocycles. The minimum atomic E-state index is -0.279. The molecule has 0 radical (unpaired) electrons. The Morgan fingerprint density at radius 1 is 1.42 bits per heavy atom. The number of aryl methyl sites for hydroxylation is 1. The van der Waals surface area contributed by atoms with Crippen LogP contribution in [0.4, 0.5) is 10.5 Å². The molecule has 7 heteroatoms. The summed E-state index contributed by atoms with van der Waals surface area (Å²) in [4.78, 5) is 15.5. The van der Waals surface area contributed by atoms with Crippen molar-refractivity contribution in [1.82, 2.24) is 10.2 Å². The Morgan fingerprint density at radius 2 is 2.17 bits per heavy atom. The normalized spacial score (nSPS) is 12.1. The Morgan fingerprint density at radius 3 is 2.75 bits per heavy atom. The van der Waals surface area contributed by atoms with E-state index < -0.39 is 0 Å². The molecule has 2 rings (SSSR count). The predicted molar refractivity (Wildman–Crippen MR) is 101 cm³/mol. The molecule has 0 saturated carbocycles. The zero-order valence-electron chi connectivity index (χ0n) is 14.2. The minimum Gasteiger partial charge on any atom is -0.495 e. The van der Waals surface area contributed by atoms with Crippen LogP contribution in [-0.4, -0.2) is 38.7 Å². The number of hydrogen-bond donors (Lipinski definition) is 2. The third-order valence-corrected chi connectivity index (χ3v) is 5.06. The number of nitrogens with one attached hydrogen (secondary N) is 2. The molecule has 24 heavy (non-hydrogen) atoms. The van der Waals surface area contributed by atoms with Crippen molar-refractivity contribution >= 4 is 34.7 Å². The molecule has 130 valence electrons. The number of anilines is 1. The van der Waals surface area contributed by atoms with E-state index in [2.05, 4.69) is 21.6 Å². The van der Waals surface area contributed by atoms with E-state index in [-0.39, 0.29) is 12.1 Å². The van der Waals surface area contributed by atoms with E-state index in [0.29, 0.717) is 23.0 Å². The van der Waals surface area contributed by atoms with E-state index in [1.54, 1.807) is 30.6 Å². The molecule has 0 saturated heterocycles. The first-order chi connectivity index (χ1) is 11.4. The standard InChI is InChI=1S/C17H22ClN3O2S/c1-11-8-13(15(23-4)9-12(11)18)20-17(22)19-10-14(21(2)3)16-6-5-7-24-16/h5-9,14H,10H2,1-4H3,(H2,19,20,22). The molecule has 1 unspecified atom stereocenters. The van der Waals surface area contributed by atoms with Gasteiger partial charge >= 0.3 is 6.03 Å². The van der Waals surface area contributed by atoms with Gasteiger partial charge in [0.05, 0.1) is 18.8 Å². The monoisotopic (exact) mass is 367 g/mol. The zero-order chi connectivity index (χ0) is 17.7. The maximum Gasteiger partial charge on any atom is 0.319 e. The molecular weight excluding hydrogens is 346 g/mol. The maximum absolute atomic E-state index is 12.2. The lowest BCUT2D eigenvalue weighted by atomic mass is 10.2. The van der Waals surface area contributed by atoms with Crippen LogP contribution in [0.15, 0.2) is 29.6 Å². The Bertz CT molecular complexity index is 689. The zero-order valence-corrected chi connectivity index (χ0v) is 15.8. The van der Waals surface area contributed by atoms with E-state index in [0.717, 1.165) is 5.56 Å². The van der Waals surface area contributed by atoms with Crippen molar-refractivity contribution in [2.24, 2.45) is 0 Å². The summed E-state index contributed by atoms with van der Waals surface area (Å²) in [5, 5.41) is 8.37. The molecular formula is C17H22ClN3O2S. The maximum atomic E-state index is 12.2. The summed E-state index contributed by atoms with van der Waals surface area (Å²) in [5.41, 5.74) is 1.46. The first-order valence-electron chi connectivity index (χ1n) is 7.51. The lowest BCUT2D eigenvalue weighted by molar-refractivity contribution is 0.244. The summed E-state index contributed by atoms with van der Waals surface area (Å²) in [7, 11) is 5.54. The van der Waals surface area contributed by atoms with Gasteiger partial charge in [-0.25, -0.2) is 4.79 Å². The molecule has 0 fully saturated rings. The second kappa shape index (κ2) is 8.37. The van der Waals surface area contributed by atoms with Crippen LogP contribution in [0.1, 0.15) is 16.5 Å². The molecule has 0 aliphatic rings. The number of halogens is 1. The fourth-order valence-electron chi connectivity index (χ4n) is 2.30. The Hall–Kier alpha value is -1.76. The lowest BCUT2D eigenvalue weighted by Crippen LogP contribution is -2.36. The Balaban J connectivity index is 2.02. The van der Waals surface area contributed by atoms with Gasteiger partial charge in [0.1, 0.15) is 5.75 Å². The third kappa shape index (κ3) is 4.63. The fraction of sp³-hybridized carbons (Fsp3) is 0.353. The molecule has 0 bridgehead atoms. The number of methoxy groups -OCH3 is 1. The molecule has 0 aliphatic carbocycles. The van der Waals surface area contributed by atoms with Gasteiger partial charge in [-0.3, -0.25) is 0 Å². The van der Waals surface area contributed by atoms with E-state index in [4.69, 9.17) is 16.3 Å². The molecule has 1 heterocycles. The van der Waals surface area contributed by atoms with Gasteiger partial charge in [0.2, 0.25) is 0 Å². The number of hydrogen-bond acceptors (Lipinski definition) is 4. The summed E-state index contributed by atoms with van der Waals surface area (Å²) >= 11 is 7.76. The van der Waals surface area contributed by atoms with Gasteiger partial charge in [0.15, 0.2) is 0 Å². The summed E-state index contributed by atoms with van der Waals surface area (Å²) in [5.74, 6) is 0.531. The van der Waals surface area contributed by atoms with Gasteiger partial charge in [-0.05, 0) is 44.1 Å². The van der Waals surface area contributed by atoms with Gasteiger partial charge in [-0.1, -0.05) is 17.7 Å². The van der Waals surface area contributed by atoms with E-state index in [1.807, 2.05) is 32.5 Å². The number of likely N-dealkylation sites (N-methyl/N-ethyl adjacent to an activating group) is 1. The number of carbonyl (C=O) groups is 1. The van der Waals surface area contributed by atoms with Crippen LogP contribution in [0.2, 0.25) is 5.02 Å². The Kier molecular flexibility index (Phi) is 6.48. The highest BCUT2D eigenvalue weighted by Crippen LogP contribution is 2.31. The quantitative estimate of drug-likeness (QED) is 0.806. The number of urea groups is 1. The van der Waals surface area contributed by atoms with Gasteiger partial charge in [-0.2, -0.15) is 0 Å². The molecule has 0 aliphatic heterocycles. The van der Waals surface area contributed by atoms with Crippen LogP contribution in [-0.2, 0) is 0 Å². The van der Waals surface area contributed by atoms with Crippen molar-refractivity contribution in [2.45, 2.75) is 13.0 Å². The largest absolute Gasteiger partial charge is 0.495 e. The van der Waals surface area contributed by atoms with Crippen molar-refractivity contribution in [3.05, 3.63) is 45.1 Å². The molecule has 0 spiro atoms. The summed E-state index contributed by atoms with van der Waals surface area (Å²) in [6.45, 7) is 2.39. The fourth-order valence-corrected chi connectivity index (χ4v) is 3.38. The highest BCUT2D eigenvalue weighted by molar-refractivity contribution is 7.10. The number of carbonyl (C=O) groups excluding carboxylic acids is 1. The van der Waals surface area contributed by atoms with Gasteiger partial charge in [-0.15, -0.1) is 11.3 Å². The van der Waals surface area contributed by atoms with Crippen molar-refractivity contribution in [1.29, 1.82) is 0 Å². The predicted octanol–water partition coefficient (Wildman–Crippen LogP) is 4.14. The number of nitrogens with zero attached hydrogens (tertiary/aromatic N) is 1. The van der Waals surface area contributed by atoms with Crippen LogP contribution >= 0.6 is 22.9 Å². The summed E-state index contributed by atoms with van der Waals surface area (Å²) in [6, 6.07) is 7.42. The van der Waals surface area contributed by atoms with Crippen molar-refractivity contribution < 1.29 is 9.53 Å². The van der Waals surface area contributed by atoms with Crippen LogP contribution in [0.5, 0.6) is 5.75 Å². The lowest BCUT2D eigenvalue weighted by Gasteiger charge is -2.23.